The van der Waals surface area contributed by atoms with Crippen LogP contribution in [-0.4, -0.2) is 41.5 Å². The molecule has 0 aliphatic carbocycles. The Morgan fingerprint density at radius 3 is 2.30 bits per heavy atom. The topological polar surface area (TPSA) is 69.6 Å². The zero-order valence-corrected chi connectivity index (χ0v) is 12.0. The molecule has 0 aromatic heterocycles. The Kier molecular flexibility index (Phi) is 6.73. The van der Waals surface area contributed by atoms with Crippen LogP contribution < -0.4 is 5.32 Å². The first-order valence-electron chi connectivity index (χ1n) is 6.85. The Bertz CT molecular complexity index is 430. The van der Waals surface area contributed by atoms with E-state index >= 15 is 0 Å². The van der Waals surface area contributed by atoms with E-state index in [1.165, 1.54) is 0 Å². The van der Waals surface area contributed by atoms with Crippen molar-refractivity contribution >= 4 is 11.9 Å². The average molecular weight is 278 g/mol. The number of carbonyl (C=O) groups excluding carboxylic acids is 1. The van der Waals surface area contributed by atoms with Gasteiger partial charge in [-0.05, 0) is 18.7 Å². The van der Waals surface area contributed by atoms with Crippen LogP contribution in [0.25, 0.3) is 0 Å². The molecular formula is C15H22N2O3. The maximum atomic E-state index is 11.5. The van der Waals surface area contributed by atoms with E-state index in [1.807, 2.05) is 30.3 Å². The number of benzene rings is 1. The van der Waals surface area contributed by atoms with E-state index in [2.05, 4.69) is 24.1 Å². The molecule has 0 bridgehead atoms. The normalized spacial score (nSPS) is 12.2. The molecule has 1 rings (SSSR count). The highest BCUT2D eigenvalue weighted by Crippen LogP contribution is 2.19. The second kappa shape index (κ2) is 8.32. The molecule has 0 radical (unpaired) electrons. The zero-order valence-electron chi connectivity index (χ0n) is 12.0. The number of rotatable bonds is 8. The van der Waals surface area contributed by atoms with Crippen LogP contribution in [0.3, 0.4) is 0 Å². The van der Waals surface area contributed by atoms with Gasteiger partial charge in [0.1, 0.15) is 6.42 Å². The molecule has 5 nitrogen and oxygen atoms in total. The van der Waals surface area contributed by atoms with Gasteiger partial charge in [-0.2, -0.15) is 0 Å². The third-order valence-electron chi connectivity index (χ3n) is 3.24. The molecule has 0 fully saturated rings. The minimum Gasteiger partial charge on any atom is -0.481 e. The van der Waals surface area contributed by atoms with Crippen molar-refractivity contribution in [2.75, 3.05) is 19.6 Å². The van der Waals surface area contributed by atoms with Crippen molar-refractivity contribution in [2.45, 2.75) is 26.3 Å². The number of aliphatic carboxylic acids is 1. The first-order chi connectivity index (χ1) is 9.58. The van der Waals surface area contributed by atoms with Gasteiger partial charge in [0.15, 0.2) is 0 Å². The van der Waals surface area contributed by atoms with Crippen molar-refractivity contribution in [3.8, 4) is 0 Å². The summed E-state index contributed by atoms with van der Waals surface area (Å²) in [4.78, 5) is 24.2. The molecule has 110 valence electrons. The first-order valence-corrected chi connectivity index (χ1v) is 6.85. The summed E-state index contributed by atoms with van der Waals surface area (Å²) in [6, 6.07) is 9.98. The number of nitrogens with zero attached hydrogens (tertiary/aromatic N) is 1. The van der Waals surface area contributed by atoms with Crippen molar-refractivity contribution in [2.24, 2.45) is 0 Å². The second-order valence-corrected chi connectivity index (χ2v) is 4.52. The van der Waals surface area contributed by atoms with Gasteiger partial charge in [0.25, 0.3) is 0 Å². The lowest BCUT2D eigenvalue weighted by Crippen LogP contribution is -2.38. The quantitative estimate of drug-likeness (QED) is 0.710. The highest BCUT2D eigenvalue weighted by molar-refractivity contribution is 5.93. The molecular weight excluding hydrogens is 256 g/mol. The maximum Gasteiger partial charge on any atom is 0.312 e. The van der Waals surface area contributed by atoms with Crippen molar-refractivity contribution in [1.29, 1.82) is 0 Å². The van der Waals surface area contributed by atoms with Gasteiger partial charge < -0.3 is 10.4 Å². The predicted molar refractivity (Wildman–Crippen MR) is 77.4 cm³/mol. The van der Waals surface area contributed by atoms with Crippen LogP contribution in [0.5, 0.6) is 0 Å². The Labute approximate surface area is 119 Å². The van der Waals surface area contributed by atoms with E-state index < -0.39 is 18.3 Å². The van der Waals surface area contributed by atoms with Gasteiger partial charge >= 0.3 is 5.97 Å². The molecule has 1 aromatic carbocycles. The van der Waals surface area contributed by atoms with Crippen LogP contribution in [0.15, 0.2) is 30.3 Å². The standard InChI is InChI=1S/C15H22N2O3/c1-3-17(4-2)13(12-8-6-5-7-9-12)11-16-14(18)10-15(19)20/h5-9,13H,3-4,10-11H2,1-2H3,(H,16,18)(H,19,20). The summed E-state index contributed by atoms with van der Waals surface area (Å²) in [5.41, 5.74) is 1.12. The Morgan fingerprint density at radius 2 is 1.80 bits per heavy atom. The predicted octanol–water partition coefficient (Wildman–Crippen LogP) is 1.66. The minimum atomic E-state index is -1.11. The minimum absolute atomic E-state index is 0.0592. The van der Waals surface area contributed by atoms with Gasteiger partial charge in [0.05, 0.1) is 6.04 Å². The lowest BCUT2D eigenvalue weighted by atomic mass is 10.1. The number of nitrogens with one attached hydrogen (secondary N) is 1. The molecule has 0 saturated heterocycles. The van der Waals surface area contributed by atoms with E-state index in [9.17, 15) is 9.59 Å². The number of hydrogen-bond donors (Lipinski definition) is 2. The monoisotopic (exact) mass is 278 g/mol. The van der Waals surface area contributed by atoms with Crippen molar-refractivity contribution < 1.29 is 14.7 Å². The van der Waals surface area contributed by atoms with E-state index in [4.69, 9.17) is 5.11 Å². The van der Waals surface area contributed by atoms with Gasteiger partial charge in [0.2, 0.25) is 5.91 Å². The highest BCUT2D eigenvalue weighted by atomic mass is 16.4. The van der Waals surface area contributed by atoms with Crippen LogP contribution in [0, 0.1) is 0 Å². The Balaban J connectivity index is 2.74. The number of likely N-dealkylation sites (N-methyl/N-ethyl adjacent to an activating group) is 1. The summed E-state index contributed by atoms with van der Waals surface area (Å²) >= 11 is 0. The summed E-state index contributed by atoms with van der Waals surface area (Å²) in [5.74, 6) is -1.56. The second-order valence-electron chi connectivity index (χ2n) is 4.52. The Morgan fingerprint density at radius 1 is 1.20 bits per heavy atom. The van der Waals surface area contributed by atoms with Gasteiger partial charge in [-0.3, -0.25) is 14.5 Å². The van der Waals surface area contributed by atoms with Crippen LogP contribution in [0.1, 0.15) is 31.9 Å². The molecule has 0 saturated carbocycles. The molecule has 0 aliphatic rings. The Hall–Kier alpha value is -1.88. The number of carbonyl (C=O) groups is 2. The number of carboxylic acid groups (broad SMARTS) is 1. The summed E-state index contributed by atoms with van der Waals surface area (Å²) in [6.45, 7) is 6.28. The van der Waals surface area contributed by atoms with Gasteiger partial charge in [-0.25, -0.2) is 0 Å². The summed E-state index contributed by atoms with van der Waals surface area (Å²) in [7, 11) is 0. The van der Waals surface area contributed by atoms with E-state index in [1.54, 1.807) is 0 Å². The smallest absolute Gasteiger partial charge is 0.312 e. The van der Waals surface area contributed by atoms with Crippen molar-refractivity contribution in [3.05, 3.63) is 35.9 Å². The van der Waals surface area contributed by atoms with Gasteiger partial charge in [-0.15, -0.1) is 0 Å². The molecule has 5 heteroatoms. The molecule has 0 aliphatic heterocycles. The first kappa shape index (κ1) is 16.2. The molecule has 2 N–H and O–H groups in total. The van der Waals surface area contributed by atoms with E-state index in [-0.39, 0.29) is 6.04 Å². The molecule has 0 heterocycles. The highest BCUT2D eigenvalue weighted by Gasteiger charge is 2.19. The number of amides is 1. The fourth-order valence-corrected chi connectivity index (χ4v) is 2.21. The van der Waals surface area contributed by atoms with Gasteiger partial charge in [0, 0.05) is 6.54 Å². The van der Waals surface area contributed by atoms with E-state index in [0.717, 1.165) is 18.7 Å². The number of hydrogen-bond acceptors (Lipinski definition) is 3. The van der Waals surface area contributed by atoms with Crippen molar-refractivity contribution in [1.82, 2.24) is 10.2 Å². The van der Waals surface area contributed by atoms with Crippen molar-refractivity contribution in [3.63, 3.8) is 0 Å². The molecule has 1 amide bonds. The van der Waals surface area contributed by atoms with Crippen LogP contribution in [-0.2, 0) is 9.59 Å². The average Bonchev–Trinajstić information content (AvgIpc) is 2.43. The van der Waals surface area contributed by atoms with Gasteiger partial charge in [-0.1, -0.05) is 44.2 Å². The largest absolute Gasteiger partial charge is 0.481 e. The third-order valence-corrected chi connectivity index (χ3v) is 3.24. The molecule has 0 spiro atoms. The molecule has 20 heavy (non-hydrogen) atoms. The fraction of sp³-hybridized carbons (Fsp3) is 0.467. The molecule has 1 atom stereocenters. The van der Waals surface area contributed by atoms with E-state index in [0.29, 0.717) is 6.54 Å². The van der Waals surface area contributed by atoms with Crippen LogP contribution >= 0.6 is 0 Å². The lowest BCUT2D eigenvalue weighted by Gasteiger charge is -2.30. The number of carboxylic acids is 1. The molecule has 1 aromatic rings. The SMILES string of the molecule is CCN(CC)C(CNC(=O)CC(=O)O)c1ccccc1. The maximum absolute atomic E-state index is 11.5. The fourth-order valence-electron chi connectivity index (χ4n) is 2.21. The third kappa shape index (κ3) is 5.01. The lowest BCUT2D eigenvalue weighted by molar-refractivity contribution is -0.140. The summed E-state index contributed by atoms with van der Waals surface area (Å²) in [5, 5.41) is 11.3. The molecule has 1 unspecified atom stereocenters. The summed E-state index contributed by atoms with van der Waals surface area (Å²) < 4.78 is 0. The van der Waals surface area contributed by atoms with Crippen LogP contribution in [0.4, 0.5) is 0 Å². The summed E-state index contributed by atoms with van der Waals surface area (Å²) in [6.07, 6.45) is -0.486. The van der Waals surface area contributed by atoms with Crippen LogP contribution in [0.2, 0.25) is 0 Å². The zero-order chi connectivity index (χ0) is 15.0.